The fraction of sp³-hybridized carbons (Fsp3) is 0.800. The quantitative estimate of drug-likeness (QED) is 0.423. The highest BCUT2D eigenvalue weighted by Crippen LogP contribution is 2.66. The number of rotatable bonds is 5. The number of thiol groups is 1. The van der Waals surface area contributed by atoms with E-state index in [-0.39, 0.29) is 11.9 Å². The Morgan fingerprint density at radius 1 is 1.50 bits per heavy atom. The number of hydrogen-bond donors (Lipinski definition) is 1. The first-order valence-electron chi connectivity index (χ1n) is 4.63. The zero-order valence-corrected chi connectivity index (χ0v) is 13.2. The molecule has 0 saturated heterocycles. The van der Waals surface area contributed by atoms with E-state index in [9.17, 15) is 0 Å². The summed E-state index contributed by atoms with van der Waals surface area (Å²) in [6, 6.07) is 0. The van der Waals surface area contributed by atoms with E-state index >= 15 is 0 Å². The summed E-state index contributed by atoms with van der Waals surface area (Å²) in [5.74, 6) is 2.83. The van der Waals surface area contributed by atoms with Crippen molar-refractivity contribution in [1.82, 2.24) is 0 Å². The SMILES string of the molecule is C#CC(C)(C)SPC(C)(CC)P(C)S. The van der Waals surface area contributed by atoms with Crippen molar-refractivity contribution in [2.45, 2.75) is 43.8 Å². The maximum absolute atomic E-state index is 5.47. The van der Waals surface area contributed by atoms with Crippen molar-refractivity contribution in [3.05, 3.63) is 0 Å². The van der Waals surface area contributed by atoms with Gasteiger partial charge in [0.15, 0.2) is 0 Å². The Balaban J connectivity index is 4.30. The van der Waals surface area contributed by atoms with E-state index in [1.165, 1.54) is 6.42 Å². The normalized spacial score (nSPS) is 19.2. The van der Waals surface area contributed by atoms with Crippen LogP contribution in [-0.4, -0.2) is 16.3 Å². The van der Waals surface area contributed by atoms with Crippen LogP contribution in [-0.2, 0) is 0 Å². The number of hydrogen-bond acceptors (Lipinski definition) is 2. The predicted molar refractivity (Wildman–Crippen MR) is 79.3 cm³/mol. The lowest BCUT2D eigenvalue weighted by Gasteiger charge is -2.33. The molecule has 82 valence electrons. The third kappa shape index (κ3) is 4.76. The van der Waals surface area contributed by atoms with Gasteiger partial charge in [-0.1, -0.05) is 19.8 Å². The smallest absolute Gasteiger partial charge is 0.0745 e. The highest BCUT2D eigenvalue weighted by molar-refractivity contribution is 8.55. The van der Waals surface area contributed by atoms with Gasteiger partial charge < -0.3 is 0 Å². The van der Waals surface area contributed by atoms with Crippen LogP contribution in [0.4, 0.5) is 0 Å². The Labute approximate surface area is 101 Å². The fourth-order valence-electron chi connectivity index (χ4n) is 0.634. The summed E-state index contributed by atoms with van der Waals surface area (Å²) in [7, 11) is 0.655. The van der Waals surface area contributed by atoms with Crippen LogP contribution in [0.5, 0.6) is 0 Å². The lowest BCUT2D eigenvalue weighted by molar-refractivity contribution is 0.838. The second-order valence-electron chi connectivity index (χ2n) is 4.01. The Bertz CT molecular complexity index is 221. The van der Waals surface area contributed by atoms with Gasteiger partial charge in [0.05, 0.1) is 4.75 Å². The van der Waals surface area contributed by atoms with Gasteiger partial charge in [0.2, 0.25) is 0 Å². The van der Waals surface area contributed by atoms with Crippen LogP contribution in [0.3, 0.4) is 0 Å². The molecule has 0 rings (SSSR count). The van der Waals surface area contributed by atoms with Gasteiger partial charge in [-0.25, -0.2) is 0 Å². The molecule has 14 heavy (non-hydrogen) atoms. The molecule has 0 nitrogen and oxygen atoms in total. The lowest BCUT2D eigenvalue weighted by atomic mass is 10.2. The summed E-state index contributed by atoms with van der Waals surface area (Å²) < 4.78 is -0.0337. The first-order chi connectivity index (χ1) is 6.27. The van der Waals surface area contributed by atoms with E-state index in [1.54, 1.807) is 0 Å². The second-order valence-corrected chi connectivity index (χ2v) is 12.0. The zero-order valence-electron chi connectivity index (χ0n) is 9.59. The van der Waals surface area contributed by atoms with Crippen LogP contribution >= 0.6 is 38.5 Å². The molecule has 4 heteroatoms. The van der Waals surface area contributed by atoms with Gasteiger partial charge in [-0.3, -0.25) is 0 Å². The zero-order chi connectivity index (χ0) is 11.4. The van der Waals surface area contributed by atoms with E-state index in [0.29, 0.717) is 4.90 Å². The van der Waals surface area contributed by atoms with Crippen molar-refractivity contribution < 1.29 is 0 Å². The lowest BCUT2D eigenvalue weighted by Crippen LogP contribution is -2.14. The van der Waals surface area contributed by atoms with Gasteiger partial charge in [0, 0.05) is 4.90 Å². The molecule has 0 N–H and O–H groups in total. The van der Waals surface area contributed by atoms with E-state index in [0.717, 1.165) is 7.78 Å². The summed E-state index contributed by atoms with van der Waals surface area (Å²) in [5, 5.41) is 0. The molecular formula is C10H20P2S2. The van der Waals surface area contributed by atoms with Crippen molar-refractivity contribution in [1.29, 1.82) is 0 Å². The monoisotopic (exact) mass is 266 g/mol. The Hall–Kier alpha value is 1.12. The Morgan fingerprint density at radius 2 is 2.00 bits per heavy atom. The molecular weight excluding hydrogens is 246 g/mol. The predicted octanol–water partition coefficient (Wildman–Crippen LogP) is 4.81. The maximum Gasteiger partial charge on any atom is 0.0745 e. The summed E-state index contributed by atoms with van der Waals surface area (Å²) in [6.07, 6.45) is 6.66. The third-order valence-corrected chi connectivity index (χ3v) is 12.4. The summed E-state index contributed by atoms with van der Waals surface area (Å²) in [5.41, 5.74) is 0. The Kier molecular flexibility index (Phi) is 6.48. The summed E-state index contributed by atoms with van der Waals surface area (Å²) in [6.45, 7) is 11.0. The average molecular weight is 266 g/mol. The molecule has 3 unspecified atom stereocenters. The van der Waals surface area contributed by atoms with Crippen molar-refractivity contribution in [3.63, 3.8) is 0 Å². The van der Waals surface area contributed by atoms with Gasteiger partial charge in [0.1, 0.15) is 0 Å². The first kappa shape index (κ1) is 15.1. The first-order valence-corrected chi connectivity index (χ1v) is 10.1. The minimum Gasteiger partial charge on any atom is -0.151 e. The van der Waals surface area contributed by atoms with Crippen LogP contribution in [0.1, 0.15) is 34.1 Å². The topological polar surface area (TPSA) is 0 Å². The molecule has 0 aromatic heterocycles. The van der Waals surface area contributed by atoms with Gasteiger partial charge in [-0.15, -0.1) is 17.8 Å². The van der Waals surface area contributed by atoms with Crippen LogP contribution in [0.15, 0.2) is 0 Å². The summed E-state index contributed by atoms with van der Waals surface area (Å²) >= 11 is 6.52. The molecule has 0 spiro atoms. The maximum atomic E-state index is 5.47. The molecule has 0 aliphatic rings. The number of terminal acetylenes is 1. The minimum absolute atomic E-state index is 0.0337. The van der Waals surface area contributed by atoms with E-state index in [4.69, 9.17) is 6.42 Å². The van der Waals surface area contributed by atoms with Gasteiger partial charge in [-0.2, -0.15) is 12.2 Å². The highest BCUT2D eigenvalue weighted by Gasteiger charge is 2.29. The van der Waals surface area contributed by atoms with Crippen molar-refractivity contribution in [2.24, 2.45) is 0 Å². The van der Waals surface area contributed by atoms with Gasteiger partial charge in [-0.05, 0) is 41.8 Å². The van der Waals surface area contributed by atoms with Crippen LogP contribution in [0, 0.1) is 12.3 Å². The van der Waals surface area contributed by atoms with E-state index in [1.807, 2.05) is 11.4 Å². The van der Waals surface area contributed by atoms with Crippen LogP contribution < -0.4 is 0 Å². The molecule has 0 bridgehead atoms. The molecule has 0 aliphatic carbocycles. The minimum atomic E-state index is -0.187. The summed E-state index contributed by atoms with van der Waals surface area (Å²) in [4.78, 5) is 0.372. The van der Waals surface area contributed by atoms with Crippen molar-refractivity contribution >= 4 is 38.5 Å². The fourth-order valence-corrected chi connectivity index (χ4v) is 7.46. The second kappa shape index (κ2) is 6.00. The molecule has 0 amide bonds. The van der Waals surface area contributed by atoms with Crippen LogP contribution in [0.25, 0.3) is 0 Å². The molecule has 0 fully saturated rings. The van der Waals surface area contributed by atoms with Crippen LogP contribution in [0.2, 0.25) is 0 Å². The van der Waals surface area contributed by atoms with E-state index in [2.05, 4.69) is 52.5 Å². The Morgan fingerprint density at radius 3 is 2.29 bits per heavy atom. The standard InChI is InChI=1S/C10H20P2S2/c1-7-9(3,4)14-11-10(5,8-2)12(6)13/h1,11,13H,8H2,2-6H3. The van der Waals surface area contributed by atoms with Gasteiger partial charge >= 0.3 is 0 Å². The molecule has 0 saturated carbocycles. The molecule has 0 radical (unpaired) electrons. The average Bonchev–Trinajstić information content (AvgIpc) is 2.14. The molecule has 0 aromatic rings. The van der Waals surface area contributed by atoms with Gasteiger partial charge in [0.25, 0.3) is 0 Å². The largest absolute Gasteiger partial charge is 0.151 e. The molecule has 0 heterocycles. The van der Waals surface area contributed by atoms with Crippen molar-refractivity contribution in [3.8, 4) is 12.3 Å². The molecule has 0 aromatic carbocycles. The highest BCUT2D eigenvalue weighted by atomic mass is 32.7. The third-order valence-electron chi connectivity index (χ3n) is 2.28. The van der Waals surface area contributed by atoms with E-state index < -0.39 is 0 Å². The van der Waals surface area contributed by atoms with Crippen molar-refractivity contribution in [2.75, 3.05) is 6.66 Å². The molecule has 3 atom stereocenters. The molecule has 0 aliphatic heterocycles.